The molecule has 1 aliphatic rings. The summed E-state index contributed by atoms with van der Waals surface area (Å²) >= 11 is 3.42. The third-order valence-corrected chi connectivity index (χ3v) is 4.07. The number of halogens is 1. The van der Waals surface area contributed by atoms with Crippen LogP contribution in [0.4, 0.5) is 0 Å². The summed E-state index contributed by atoms with van der Waals surface area (Å²) in [5.41, 5.74) is 3.72. The molecule has 3 rings (SSSR count). The monoisotopic (exact) mass is 319 g/mol. The topological polar surface area (TPSA) is 31.2 Å². The molecule has 0 N–H and O–H groups in total. The van der Waals surface area contributed by atoms with Crippen LogP contribution < -0.4 is 5.56 Å². The molecule has 19 heavy (non-hydrogen) atoms. The average Bonchev–Trinajstić information content (AvgIpc) is 2.43. The van der Waals surface area contributed by atoms with Gasteiger partial charge in [-0.3, -0.25) is 9.36 Å². The van der Waals surface area contributed by atoms with Crippen molar-refractivity contribution in [2.24, 2.45) is 0 Å². The minimum absolute atomic E-state index is 0.00310. The first-order chi connectivity index (χ1) is 9.24. The van der Waals surface area contributed by atoms with Gasteiger partial charge in [0.05, 0.1) is 24.4 Å². The molecule has 0 saturated heterocycles. The van der Waals surface area contributed by atoms with Crippen molar-refractivity contribution in [2.75, 3.05) is 6.61 Å². The molecular weight excluding hydrogens is 306 g/mol. The fraction of sp³-hybridized carbons (Fsp3) is 0.267. The first kappa shape index (κ1) is 12.6. The molecule has 4 heteroatoms. The number of pyridine rings is 1. The standard InChI is InChI=1S/C15H14BrNO2/c16-14-2-1-3-15(18)17(14)9-11-4-5-12-6-7-19-10-13(12)8-11/h1-5,8H,6-7,9-10H2. The number of ether oxygens (including phenoxy) is 1. The van der Waals surface area contributed by atoms with Crippen LogP contribution in [-0.4, -0.2) is 11.2 Å². The summed E-state index contributed by atoms with van der Waals surface area (Å²) in [6, 6.07) is 11.6. The van der Waals surface area contributed by atoms with Gasteiger partial charge in [0.2, 0.25) is 0 Å². The SMILES string of the molecule is O=c1cccc(Br)n1Cc1ccc2c(c1)COCC2. The molecule has 1 aliphatic heterocycles. The summed E-state index contributed by atoms with van der Waals surface area (Å²) in [5, 5.41) is 0. The van der Waals surface area contributed by atoms with Crippen LogP contribution in [0.15, 0.2) is 45.8 Å². The van der Waals surface area contributed by atoms with Crippen LogP contribution in [0.5, 0.6) is 0 Å². The minimum atomic E-state index is 0.00310. The minimum Gasteiger partial charge on any atom is -0.376 e. The van der Waals surface area contributed by atoms with Crippen LogP contribution >= 0.6 is 15.9 Å². The van der Waals surface area contributed by atoms with Gasteiger partial charge in [0, 0.05) is 6.07 Å². The lowest BCUT2D eigenvalue weighted by Crippen LogP contribution is -2.20. The number of hydrogen-bond acceptors (Lipinski definition) is 2. The van der Waals surface area contributed by atoms with Crippen LogP contribution in [0.2, 0.25) is 0 Å². The van der Waals surface area contributed by atoms with Crippen LogP contribution in [0.3, 0.4) is 0 Å². The largest absolute Gasteiger partial charge is 0.376 e. The van der Waals surface area contributed by atoms with Crippen molar-refractivity contribution in [1.29, 1.82) is 0 Å². The molecule has 0 aliphatic carbocycles. The highest BCUT2D eigenvalue weighted by Gasteiger charge is 2.10. The van der Waals surface area contributed by atoms with Crippen molar-refractivity contribution < 1.29 is 4.74 Å². The van der Waals surface area contributed by atoms with Gasteiger partial charge < -0.3 is 4.74 Å². The molecule has 0 atom stereocenters. The number of nitrogens with zero attached hydrogens (tertiary/aromatic N) is 1. The Labute approximate surface area is 120 Å². The fourth-order valence-corrected chi connectivity index (χ4v) is 2.80. The predicted molar refractivity (Wildman–Crippen MR) is 77.3 cm³/mol. The van der Waals surface area contributed by atoms with Crippen molar-refractivity contribution in [1.82, 2.24) is 4.57 Å². The molecule has 2 aromatic rings. The Morgan fingerprint density at radius 1 is 1.21 bits per heavy atom. The van der Waals surface area contributed by atoms with Gasteiger partial charge in [0.1, 0.15) is 0 Å². The quantitative estimate of drug-likeness (QED) is 0.797. The first-order valence-corrected chi connectivity index (χ1v) is 7.07. The molecule has 0 saturated carbocycles. The van der Waals surface area contributed by atoms with Crippen molar-refractivity contribution >= 4 is 15.9 Å². The van der Waals surface area contributed by atoms with Crippen molar-refractivity contribution in [3.05, 3.63) is 68.0 Å². The smallest absolute Gasteiger partial charge is 0.251 e. The molecule has 1 aromatic carbocycles. The van der Waals surface area contributed by atoms with Gasteiger partial charge in [-0.1, -0.05) is 24.3 Å². The predicted octanol–water partition coefficient (Wildman–Crippen LogP) is 2.73. The molecule has 0 unspecified atom stereocenters. The van der Waals surface area contributed by atoms with E-state index in [4.69, 9.17) is 4.74 Å². The zero-order valence-corrected chi connectivity index (χ0v) is 12.0. The Morgan fingerprint density at radius 3 is 2.95 bits per heavy atom. The first-order valence-electron chi connectivity index (χ1n) is 6.28. The second-order valence-electron chi connectivity index (χ2n) is 4.68. The lowest BCUT2D eigenvalue weighted by Gasteiger charge is -2.17. The van der Waals surface area contributed by atoms with Crippen molar-refractivity contribution in [3.8, 4) is 0 Å². The van der Waals surface area contributed by atoms with E-state index in [0.717, 1.165) is 23.2 Å². The Kier molecular flexibility index (Phi) is 3.53. The lowest BCUT2D eigenvalue weighted by molar-refractivity contribution is 0.110. The Morgan fingerprint density at radius 2 is 2.11 bits per heavy atom. The van der Waals surface area contributed by atoms with Gasteiger partial charge in [0.15, 0.2) is 0 Å². The Balaban J connectivity index is 1.93. The summed E-state index contributed by atoms with van der Waals surface area (Å²) in [4.78, 5) is 11.8. The molecule has 0 amide bonds. The van der Waals surface area contributed by atoms with E-state index in [2.05, 4.69) is 34.1 Å². The number of aromatic nitrogens is 1. The molecule has 1 aromatic heterocycles. The van der Waals surface area contributed by atoms with Crippen LogP contribution in [0.1, 0.15) is 16.7 Å². The maximum Gasteiger partial charge on any atom is 0.251 e. The zero-order valence-electron chi connectivity index (χ0n) is 10.4. The van der Waals surface area contributed by atoms with E-state index in [1.807, 2.05) is 6.07 Å². The van der Waals surface area contributed by atoms with Gasteiger partial charge in [0.25, 0.3) is 5.56 Å². The normalized spacial score (nSPS) is 14.2. The van der Waals surface area contributed by atoms with Crippen LogP contribution in [0, 0.1) is 0 Å². The molecular formula is C15H14BrNO2. The Bertz CT molecular complexity index is 663. The van der Waals surface area contributed by atoms with E-state index >= 15 is 0 Å². The highest BCUT2D eigenvalue weighted by molar-refractivity contribution is 9.10. The third kappa shape index (κ3) is 2.65. The molecule has 0 radical (unpaired) electrons. The summed E-state index contributed by atoms with van der Waals surface area (Å²) in [6.45, 7) is 2.05. The van der Waals surface area contributed by atoms with Crippen molar-refractivity contribution in [3.63, 3.8) is 0 Å². The fourth-order valence-electron chi connectivity index (χ4n) is 2.35. The number of fused-ring (bicyclic) bond motifs is 1. The second-order valence-corrected chi connectivity index (χ2v) is 5.49. The van der Waals surface area contributed by atoms with Gasteiger partial charge in [-0.2, -0.15) is 0 Å². The van der Waals surface area contributed by atoms with E-state index in [1.165, 1.54) is 11.1 Å². The van der Waals surface area contributed by atoms with E-state index in [9.17, 15) is 4.79 Å². The van der Waals surface area contributed by atoms with Crippen LogP contribution in [0.25, 0.3) is 0 Å². The van der Waals surface area contributed by atoms with E-state index < -0.39 is 0 Å². The van der Waals surface area contributed by atoms with E-state index in [1.54, 1.807) is 16.7 Å². The second kappa shape index (κ2) is 5.31. The molecule has 3 nitrogen and oxygen atoms in total. The number of hydrogen-bond donors (Lipinski definition) is 0. The van der Waals surface area contributed by atoms with Gasteiger partial charge in [-0.15, -0.1) is 0 Å². The van der Waals surface area contributed by atoms with Gasteiger partial charge in [-0.05, 0) is 45.1 Å². The van der Waals surface area contributed by atoms with Gasteiger partial charge in [-0.25, -0.2) is 0 Å². The molecule has 0 spiro atoms. The lowest BCUT2D eigenvalue weighted by atomic mass is 10.0. The highest BCUT2D eigenvalue weighted by atomic mass is 79.9. The molecule has 0 fully saturated rings. The third-order valence-electron chi connectivity index (χ3n) is 3.38. The Hall–Kier alpha value is -1.39. The number of benzene rings is 1. The molecule has 98 valence electrons. The molecule has 0 bridgehead atoms. The summed E-state index contributed by atoms with van der Waals surface area (Å²) in [7, 11) is 0. The molecule has 2 heterocycles. The van der Waals surface area contributed by atoms with E-state index in [-0.39, 0.29) is 5.56 Å². The average molecular weight is 320 g/mol. The highest BCUT2D eigenvalue weighted by Crippen LogP contribution is 2.19. The zero-order chi connectivity index (χ0) is 13.2. The summed E-state index contributed by atoms with van der Waals surface area (Å²) < 4.78 is 7.98. The maximum atomic E-state index is 11.8. The number of rotatable bonds is 2. The maximum absolute atomic E-state index is 11.8. The van der Waals surface area contributed by atoms with Crippen molar-refractivity contribution in [2.45, 2.75) is 19.6 Å². The van der Waals surface area contributed by atoms with E-state index in [0.29, 0.717) is 13.2 Å². The summed E-state index contributed by atoms with van der Waals surface area (Å²) in [6.07, 6.45) is 0.977. The van der Waals surface area contributed by atoms with Crippen LogP contribution in [-0.2, 0) is 24.3 Å². The van der Waals surface area contributed by atoms with Gasteiger partial charge >= 0.3 is 0 Å². The summed E-state index contributed by atoms with van der Waals surface area (Å²) in [5.74, 6) is 0.